The van der Waals surface area contributed by atoms with Crippen LogP contribution in [0.2, 0.25) is 0 Å². The summed E-state index contributed by atoms with van der Waals surface area (Å²) in [6, 6.07) is 6.98. The highest BCUT2D eigenvalue weighted by Crippen LogP contribution is 2.32. The number of pyridine rings is 1. The van der Waals surface area contributed by atoms with Gasteiger partial charge in [0.1, 0.15) is 5.82 Å². The molecule has 0 bridgehead atoms. The first-order chi connectivity index (χ1) is 12.1. The Balaban J connectivity index is 1.49. The molecule has 0 radical (unpaired) electrons. The van der Waals surface area contributed by atoms with E-state index in [9.17, 15) is 13.6 Å². The van der Waals surface area contributed by atoms with Gasteiger partial charge in [0.05, 0.1) is 5.56 Å². The zero-order valence-corrected chi connectivity index (χ0v) is 13.4. The third-order valence-electron chi connectivity index (χ3n) is 4.34. The van der Waals surface area contributed by atoms with Gasteiger partial charge >= 0.3 is 0 Å². The van der Waals surface area contributed by atoms with Gasteiger partial charge in [-0.05, 0) is 48.6 Å². The Morgan fingerprint density at radius 2 is 2.00 bits per heavy atom. The van der Waals surface area contributed by atoms with Gasteiger partial charge in [-0.2, -0.15) is 0 Å². The van der Waals surface area contributed by atoms with E-state index in [1.807, 2.05) is 4.40 Å². The minimum absolute atomic E-state index is 0.116. The fraction of sp³-hybridized carbons (Fsp3) is 0.278. The van der Waals surface area contributed by atoms with E-state index in [4.69, 9.17) is 0 Å². The van der Waals surface area contributed by atoms with E-state index in [0.717, 1.165) is 24.4 Å². The Morgan fingerprint density at radius 3 is 2.76 bits per heavy atom. The van der Waals surface area contributed by atoms with Crippen LogP contribution in [-0.4, -0.2) is 20.5 Å². The number of benzene rings is 1. The molecule has 2 aromatic heterocycles. The maximum Gasteiger partial charge on any atom is 0.253 e. The van der Waals surface area contributed by atoms with E-state index in [0.29, 0.717) is 22.7 Å². The molecule has 1 aromatic carbocycles. The van der Waals surface area contributed by atoms with Crippen molar-refractivity contribution in [3.63, 3.8) is 0 Å². The number of hydrogen-bond donors (Lipinski definition) is 1. The van der Waals surface area contributed by atoms with E-state index in [2.05, 4.69) is 15.5 Å². The number of aromatic nitrogens is 3. The lowest BCUT2D eigenvalue weighted by atomic mass is 10.2. The van der Waals surface area contributed by atoms with Crippen LogP contribution in [0.25, 0.3) is 5.65 Å². The van der Waals surface area contributed by atoms with Crippen LogP contribution in [0.1, 0.15) is 34.6 Å². The largest absolute Gasteiger partial charge is 0.348 e. The second kappa shape index (κ2) is 6.23. The van der Waals surface area contributed by atoms with Gasteiger partial charge in [-0.3, -0.25) is 9.20 Å². The number of rotatable bonds is 5. The van der Waals surface area contributed by atoms with Gasteiger partial charge in [0.15, 0.2) is 17.3 Å². The van der Waals surface area contributed by atoms with Crippen LogP contribution < -0.4 is 5.32 Å². The summed E-state index contributed by atoms with van der Waals surface area (Å²) in [5.41, 5.74) is 1.66. The molecule has 0 spiro atoms. The Hall–Kier alpha value is -2.83. The molecule has 3 aromatic rings. The molecule has 1 fully saturated rings. The molecule has 4 rings (SSSR count). The summed E-state index contributed by atoms with van der Waals surface area (Å²) < 4.78 is 28.0. The highest BCUT2D eigenvalue weighted by atomic mass is 19.2. The highest BCUT2D eigenvalue weighted by molar-refractivity contribution is 5.94. The van der Waals surface area contributed by atoms with Crippen molar-refractivity contribution >= 4 is 11.6 Å². The number of hydrogen-bond acceptors (Lipinski definition) is 3. The van der Waals surface area contributed by atoms with E-state index < -0.39 is 11.6 Å². The molecule has 1 aliphatic rings. The smallest absolute Gasteiger partial charge is 0.253 e. The Bertz CT molecular complexity index is 949. The van der Waals surface area contributed by atoms with E-state index >= 15 is 0 Å². The summed E-state index contributed by atoms with van der Waals surface area (Å²) in [6.07, 6.45) is 5.00. The maximum atomic E-state index is 13.2. The first kappa shape index (κ1) is 15.7. The lowest BCUT2D eigenvalue weighted by Gasteiger charge is -2.07. The summed E-state index contributed by atoms with van der Waals surface area (Å²) in [6.45, 7) is 0.116. The molecule has 0 saturated heterocycles. The second-order valence-corrected chi connectivity index (χ2v) is 6.34. The van der Waals surface area contributed by atoms with Gasteiger partial charge in [-0.1, -0.05) is 6.07 Å². The minimum atomic E-state index is -0.928. The molecular formula is C18H16F2N4O. The standard InChI is InChI=1S/C18H16F2N4O/c19-14-5-3-12(7-15(14)20)9-21-18(25)13-4-6-16-22-23-17(24(16)10-13)8-11-1-2-11/h3-7,10-11H,1-2,8-9H2,(H,21,25). The number of amides is 1. The molecule has 2 heterocycles. The predicted octanol–water partition coefficient (Wildman–Crippen LogP) is 2.89. The van der Waals surface area contributed by atoms with Crippen molar-refractivity contribution in [3.05, 3.63) is 65.1 Å². The van der Waals surface area contributed by atoms with Crippen LogP contribution in [-0.2, 0) is 13.0 Å². The summed E-state index contributed by atoms with van der Waals surface area (Å²) in [7, 11) is 0. The molecule has 1 amide bonds. The molecule has 5 nitrogen and oxygen atoms in total. The van der Waals surface area contributed by atoms with Crippen LogP contribution in [0, 0.1) is 17.6 Å². The lowest BCUT2D eigenvalue weighted by Crippen LogP contribution is -2.23. The second-order valence-electron chi connectivity index (χ2n) is 6.34. The summed E-state index contributed by atoms with van der Waals surface area (Å²) in [4.78, 5) is 12.3. The molecule has 7 heteroatoms. The fourth-order valence-electron chi connectivity index (χ4n) is 2.73. The highest BCUT2D eigenvalue weighted by Gasteiger charge is 2.24. The van der Waals surface area contributed by atoms with Gasteiger partial charge in [-0.25, -0.2) is 8.78 Å². The van der Waals surface area contributed by atoms with E-state index in [1.165, 1.54) is 18.9 Å². The Morgan fingerprint density at radius 1 is 1.16 bits per heavy atom. The first-order valence-corrected chi connectivity index (χ1v) is 8.16. The van der Waals surface area contributed by atoms with Crippen molar-refractivity contribution < 1.29 is 13.6 Å². The summed E-state index contributed by atoms with van der Waals surface area (Å²) >= 11 is 0. The Kier molecular flexibility index (Phi) is 3.91. The van der Waals surface area contributed by atoms with Crippen molar-refractivity contribution in [3.8, 4) is 0 Å². The van der Waals surface area contributed by atoms with Gasteiger partial charge in [0.25, 0.3) is 5.91 Å². The van der Waals surface area contributed by atoms with Crippen molar-refractivity contribution in [1.82, 2.24) is 19.9 Å². The first-order valence-electron chi connectivity index (χ1n) is 8.16. The fourth-order valence-corrected chi connectivity index (χ4v) is 2.73. The van der Waals surface area contributed by atoms with Crippen LogP contribution in [0.15, 0.2) is 36.5 Å². The predicted molar refractivity (Wildman–Crippen MR) is 86.9 cm³/mol. The number of fused-ring (bicyclic) bond motifs is 1. The minimum Gasteiger partial charge on any atom is -0.348 e. The SMILES string of the molecule is O=C(NCc1ccc(F)c(F)c1)c1ccc2nnc(CC3CC3)n2c1. The quantitative estimate of drug-likeness (QED) is 0.776. The van der Waals surface area contributed by atoms with Crippen molar-refractivity contribution in [1.29, 1.82) is 0 Å². The van der Waals surface area contributed by atoms with Gasteiger partial charge in [-0.15, -0.1) is 10.2 Å². The van der Waals surface area contributed by atoms with E-state index in [-0.39, 0.29) is 12.5 Å². The van der Waals surface area contributed by atoms with Crippen molar-refractivity contribution in [2.24, 2.45) is 5.92 Å². The number of nitrogens with zero attached hydrogens (tertiary/aromatic N) is 3. The van der Waals surface area contributed by atoms with Crippen LogP contribution in [0.5, 0.6) is 0 Å². The van der Waals surface area contributed by atoms with Crippen molar-refractivity contribution in [2.75, 3.05) is 0 Å². The normalized spacial score (nSPS) is 14.0. The third-order valence-corrected chi connectivity index (χ3v) is 4.34. The molecule has 1 saturated carbocycles. The van der Waals surface area contributed by atoms with E-state index in [1.54, 1.807) is 18.3 Å². The number of carbonyl (C=O) groups is 1. The topological polar surface area (TPSA) is 59.3 Å². The van der Waals surface area contributed by atoms with Crippen LogP contribution >= 0.6 is 0 Å². The van der Waals surface area contributed by atoms with Gasteiger partial charge in [0, 0.05) is 19.2 Å². The number of nitrogens with one attached hydrogen (secondary N) is 1. The summed E-state index contributed by atoms with van der Waals surface area (Å²) in [5, 5.41) is 11.0. The van der Waals surface area contributed by atoms with Crippen LogP contribution in [0.3, 0.4) is 0 Å². The molecule has 0 atom stereocenters. The zero-order valence-electron chi connectivity index (χ0n) is 13.4. The monoisotopic (exact) mass is 342 g/mol. The molecular weight excluding hydrogens is 326 g/mol. The van der Waals surface area contributed by atoms with Gasteiger partial charge in [0.2, 0.25) is 0 Å². The number of halogens is 2. The zero-order chi connectivity index (χ0) is 17.4. The average Bonchev–Trinajstić information content (AvgIpc) is 3.35. The molecule has 1 aliphatic carbocycles. The van der Waals surface area contributed by atoms with Gasteiger partial charge < -0.3 is 5.32 Å². The third kappa shape index (κ3) is 3.35. The molecule has 0 unspecified atom stereocenters. The van der Waals surface area contributed by atoms with Crippen molar-refractivity contribution in [2.45, 2.75) is 25.8 Å². The molecule has 1 N–H and O–H groups in total. The number of carbonyl (C=O) groups excluding carboxylic acids is 1. The average molecular weight is 342 g/mol. The molecule has 128 valence electrons. The maximum absolute atomic E-state index is 13.2. The molecule has 0 aliphatic heterocycles. The summed E-state index contributed by atoms with van der Waals surface area (Å²) in [5.74, 6) is -0.609. The Labute approximate surface area is 142 Å². The van der Waals surface area contributed by atoms with Crippen LogP contribution in [0.4, 0.5) is 8.78 Å². The lowest BCUT2D eigenvalue weighted by molar-refractivity contribution is 0.0950. The molecule has 25 heavy (non-hydrogen) atoms.